The van der Waals surface area contributed by atoms with Gasteiger partial charge in [-0.2, -0.15) is 0 Å². The van der Waals surface area contributed by atoms with Crippen molar-refractivity contribution in [2.24, 2.45) is 0 Å². The number of fused-ring (bicyclic) bond motifs is 1. The lowest BCUT2D eigenvalue weighted by molar-refractivity contribution is -0.136. The SMILES string of the molecule is O=C(NCCCl)C(=O)Nc1ccc2c(c1)OCO2. The molecule has 0 saturated heterocycles. The summed E-state index contributed by atoms with van der Waals surface area (Å²) in [6, 6.07) is 4.88. The zero-order valence-corrected chi connectivity index (χ0v) is 10.1. The van der Waals surface area contributed by atoms with Crippen molar-refractivity contribution in [1.29, 1.82) is 0 Å². The van der Waals surface area contributed by atoms with Gasteiger partial charge >= 0.3 is 11.8 Å². The molecule has 1 aromatic rings. The lowest BCUT2D eigenvalue weighted by atomic mass is 10.2. The van der Waals surface area contributed by atoms with Gasteiger partial charge in [-0.15, -0.1) is 11.6 Å². The molecule has 2 rings (SSSR count). The number of rotatable bonds is 3. The quantitative estimate of drug-likeness (QED) is 0.626. The van der Waals surface area contributed by atoms with Gasteiger partial charge in [-0.25, -0.2) is 0 Å². The van der Waals surface area contributed by atoms with Crippen LogP contribution in [0.15, 0.2) is 18.2 Å². The molecule has 0 bridgehead atoms. The van der Waals surface area contributed by atoms with Crippen molar-refractivity contribution in [1.82, 2.24) is 5.32 Å². The molecule has 0 spiro atoms. The van der Waals surface area contributed by atoms with Crippen LogP contribution in [-0.2, 0) is 9.59 Å². The Kier molecular flexibility index (Phi) is 3.88. The van der Waals surface area contributed by atoms with E-state index < -0.39 is 11.8 Å². The number of benzene rings is 1. The molecule has 0 atom stereocenters. The number of hydrogen-bond donors (Lipinski definition) is 2. The van der Waals surface area contributed by atoms with Gasteiger partial charge < -0.3 is 20.1 Å². The van der Waals surface area contributed by atoms with E-state index in [1.54, 1.807) is 18.2 Å². The lowest BCUT2D eigenvalue weighted by Crippen LogP contribution is -2.36. The molecule has 6 nitrogen and oxygen atoms in total. The molecule has 1 aliphatic rings. The second kappa shape index (κ2) is 5.59. The van der Waals surface area contributed by atoms with Crippen molar-refractivity contribution in [2.75, 3.05) is 24.5 Å². The number of amides is 2. The fraction of sp³-hybridized carbons (Fsp3) is 0.273. The third-order valence-electron chi connectivity index (χ3n) is 2.22. The highest BCUT2D eigenvalue weighted by molar-refractivity contribution is 6.39. The molecule has 0 radical (unpaired) electrons. The Morgan fingerprint density at radius 1 is 1.22 bits per heavy atom. The third kappa shape index (κ3) is 2.84. The van der Waals surface area contributed by atoms with E-state index in [1.807, 2.05) is 0 Å². The minimum absolute atomic E-state index is 0.156. The number of carbonyl (C=O) groups is 2. The molecule has 96 valence electrons. The van der Waals surface area contributed by atoms with Crippen LogP contribution in [0.25, 0.3) is 0 Å². The van der Waals surface area contributed by atoms with Gasteiger partial charge in [-0.05, 0) is 12.1 Å². The van der Waals surface area contributed by atoms with Crippen molar-refractivity contribution >= 4 is 29.1 Å². The first-order chi connectivity index (χ1) is 8.70. The molecule has 0 unspecified atom stereocenters. The van der Waals surface area contributed by atoms with Crippen molar-refractivity contribution in [2.45, 2.75) is 0 Å². The number of nitrogens with one attached hydrogen (secondary N) is 2. The van der Waals surface area contributed by atoms with E-state index >= 15 is 0 Å². The van der Waals surface area contributed by atoms with Crippen LogP contribution in [0.1, 0.15) is 0 Å². The van der Waals surface area contributed by atoms with Crippen LogP contribution >= 0.6 is 11.6 Å². The Morgan fingerprint density at radius 2 is 2.00 bits per heavy atom. The second-order valence-electron chi connectivity index (χ2n) is 3.47. The van der Waals surface area contributed by atoms with Gasteiger partial charge in [0, 0.05) is 24.2 Å². The van der Waals surface area contributed by atoms with Crippen molar-refractivity contribution in [3.05, 3.63) is 18.2 Å². The van der Waals surface area contributed by atoms with Crippen LogP contribution in [0, 0.1) is 0 Å². The summed E-state index contributed by atoms with van der Waals surface area (Å²) >= 11 is 5.40. The number of hydrogen-bond acceptors (Lipinski definition) is 4. The Bertz CT molecular complexity index is 478. The Labute approximate surface area is 108 Å². The molecule has 0 aromatic heterocycles. The normalized spacial score (nSPS) is 12.1. The minimum atomic E-state index is -0.751. The first-order valence-corrected chi connectivity index (χ1v) is 5.79. The van der Waals surface area contributed by atoms with E-state index in [0.29, 0.717) is 17.2 Å². The largest absolute Gasteiger partial charge is 0.454 e. The number of alkyl halides is 1. The van der Waals surface area contributed by atoms with E-state index in [9.17, 15) is 9.59 Å². The first kappa shape index (κ1) is 12.5. The summed E-state index contributed by atoms with van der Waals surface area (Å²) in [5.41, 5.74) is 0.463. The number of carbonyl (C=O) groups excluding carboxylic acids is 2. The van der Waals surface area contributed by atoms with E-state index in [4.69, 9.17) is 21.1 Å². The average molecular weight is 271 g/mol. The number of anilines is 1. The summed E-state index contributed by atoms with van der Waals surface area (Å²) in [4.78, 5) is 22.8. The van der Waals surface area contributed by atoms with Crippen molar-refractivity contribution in [3.63, 3.8) is 0 Å². The molecule has 1 aliphatic heterocycles. The Morgan fingerprint density at radius 3 is 2.78 bits per heavy atom. The molecule has 1 aromatic carbocycles. The summed E-state index contributed by atoms with van der Waals surface area (Å²) in [6.07, 6.45) is 0. The molecule has 2 N–H and O–H groups in total. The summed E-state index contributed by atoms with van der Waals surface area (Å²) in [5.74, 6) is -0.0795. The lowest BCUT2D eigenvalue weighted by Gasteiger charge is -2.06. The summed E-state index contributed by atoms with van der Waals surface area (Å²) in [5, 5.41) is 4.82. The zero-order chi connectivity index (χ0) is 13.0. The van der Waals surface area contributed by atoms with Crippen molar-refractivity contribution in [3.8, 4) is 11.5 Å². The molecule has 0 aliphatic carbocycles. The van der Waals surface area contributed by atoms with Gasteiger partial charge in [-0.1, -0.05) is 0 Å². The maximum absolute atomic E-state index is 11.5. The zero-order valence-electron chi connectivity index (χ0n) is 9.36. The van der Waals surface area contributed by atoms with Crippen LogP contribution in [0.2, 0.25) is 0 Å². The first-order valence-electron chi connectivity index (χ1n) is 5.25. The monoisotopic (exact) mass is 270 g/mol. The third-order valence-corrected chi connectivity index (χ3v) is 2.41. The predicted octanol–water partition coefficient (Wildman–Crippen LogP) is 0.709. The van der Waals surface area contributed by atoms with Gasteiger partial charge in [0.05, 0.1) is 0 Å². The fourth-order valence-electron chi connectivity index (χ4n) is 1.40. The van der Waals surface area contributed by atoms with Crippen LogP contribution in [0.5, 0.6) is 11.5 Å². The van der Waals surface area contributed by atoms with Crippen LogP contribution < -0.4 is 20.1 Å². The highest BCUT2D eigenvalue weighted by atomic mass is 35.5. The molecule has 18 heavy (non-hydrogen) atoms. The van der Waals surface area contributed by atoms with Gasteiger partial charge in [0.15, 0.2) is 11.5 Å². The van der Waals surface area contributed by atoms with Gasteiger partial charge in [0.2, 0.25) is 6.79 Å². The molecule has 2 amide bonds. The summed E-state index contributed by atoms with van der Waals surface area (Å²) in [7, 11) is 0. The number of halogens is 1. The highest BCUT2D eigenvalue weighted by Crippen LogP contribution is 2.34. The predicted molar refractivity (Wildman–Crippen MR) is 64.9 cm³/mol. The highest BCUT2D eigenvalue weighted by Gasteiger charge is 2.16. The molecular formula is C11H11ClN2O4. The molecule has 0 saturated carbocycles. The van der Waals surface area contributed by atoms with E-state index in [1.165, 1.54) is 0 Å². The number of ether oxygens (including phenoxy) is 2. The second-order valence-corrected chi connectivity index (χ2v) is 3.85. The van der Waals surface area contributed by atoms with E-state index in [2.05, 4.69) is 10.6 Å². The Balaban J connectivity index is 1.97. The van der Waals surface area contributed by atoms with Gasteiger partial charge in [0.1, 0.15) is 0 Å². The van der Waals surface area contributed by atoms with E-state index in [-0.39, 0.29) is 19.2 Å². The molecular weight excluding hydrogens is 260 g/mol. The van der Waals surface area contributed by atoms with E-state index in [0.717, 1.165) is 0 Å². The maximum atomic E-state index is 11.5. The Hall–Kier alpha value is -1.95. The van der Waals surface area contributed by atoms with Crippen LogP contribution in [0.4, 0.5) is 5.69 Å². The van der Waals surface area contributed by atoms with Crippen LogP contribution in [0.3, 0.4) is 0 Å². The van der Waals surface area contributed by atoms with Gasteiger partial charge in [-0.3, -0.25) is 9.59 Å². The molecule has 0 fully saturated rings. The average Bonchev–Trinajstić information content (AvgIpc) is 2.83. The molecule has 1 heterocycles. The van der Waals surface area contributed by atoms with Crippen LogP contribution in [-0.4, -0.2) is 31.0 Å². The molecule has 7 heteroatoms. The smallest absolute Gasteiger partial charge is 0.313 e. The maximum Gasteiger partial charge on any atom is 0.313 e. The minimum Gasteiger partial charge on any atom is -0.454 e. The van der Waals surface area contributed by atoms with Gasteiger partial charge in [0.25, 0.3) is 0 Å². The fourth-order valence-corrected chi connectivity index (χ4v) is 1.50. The summed E-state index contributed by atoms with van der Waals surface area (Å²) < 4.78 is 10.3. The topological polar surface area (TPSA) is 76.7 Å². The standard InChI is InChI=1S/C11H11ClN2O4/c12-3-4-13-10(15)11(16)14-7-1-2-8-9(5-7)18-6-17-8/h1-2,5H,3-4,6H2,(H,13,15)(H,14,16). The van der Waals surface area contributed by atoms with Crippen molar-refractivity contribution < 1.29 is 19.1 Å². The summed E-state index contributed by atoms with van der Waals surface area (Å²) in [6.45, 7) is 0.401.